The summed E-state index contributed by atoms with van der Waals surface area (Å²) in [5, 5.41) is 0. The number of rotatable bonds is 7. The fourth-order valence-corrected chi connectivity index (χ4v) is 5.06. The zero-order valence-electron chi connectivity index (χ0n) is 16.1. The summed E-state index contributed by atoms with van der Waals surface area (Å²) < 4.78 is 11.3. The Labute approximate surface area is 171 Å². The van der Waals surface area contributed by atoms with Crippen molar-refractivity contribution in [1.29, 1.82) is 0 Å². The number of nitrogens with zero attached hydrogens (tertiary/aromatic N) is 1. The van der Waals surface area contributed by atoms with E-state index >= 15 is 0 Å². The molecule has 0 bridgehead atoms. The van der Waals surface area contributed by atoms with Crippen LogP contribution in [-0.2, 0) is 14.3 Å². The highest BCUT2D eigenvalue weighted by atomic mass is 32.2. The molecule has 2 heterocycles. The Morgan fingerprint density at radius 2 is 1.54 bits per heavy atom. The van der Waals surface area contributed by atoms with E-state index in [-0.39, 0.29) is 11.9 Å². The lowest BCUT2D eigenvalue weighted by Gasteiger charge is -2.26. The highest BCUT2D eigenvalue weighted by Crippen LogP contribution is 2.45. The largest absolute Gasteiger partial charge is 0.463 e. The van der Waals surface area contributed by atoms with E-state index < -0.39 is 0 Å². The molecule has 2 aliphatic rings. The number of carbonyl (C=O) groups is 1. The van der Waals surface area contributed by atoms with E-state index in [2.05, 4.69) is 17.0 Å². The van der Waals surface area contributed by atoms with Gasteiger partial charge in [-0.05, 0) is 49.2 Å². The van der Waals surface area contributed by atoms with Crippen LogP contribution in [0.4, 0.5) is 0 Å². The molecule has 2 aromatic rings. The van der Waals surface area contributed by atoms with Crippen LogP contribution in [0.15, 0.2) is 58.3 Å². The van der Waals surface area contributed by atoms with Crippen LogP contribution in [0.5, 0.6) is 0 Å². The molecule has 28 heavy (non-hydrogen) atoms. The van der Waals surface area contributed by atoms with Crippen molar-refractivity contribution in [1.82, 2.24) is 4.90 Å². The Bertz CT molecular complexity index is 758. The molecule has 2 aliphatic heterocycles. The maximum absolute atomic E-state index is 12.9. The van der Waals surface area contributed by atoms with Gasteiger partial charge in [0, 0.05) is 16.3 Å². The molecular formula is C23H27NO3S. The lowest BCUT2D eigenvalue weighted by Crippen LogP contribution is -2.33. The second-order valence-electron chi connectivity index (χ2n) is 7.29. The second-order valence-corrected chi connectivity index (χ2v) is 8.38. The number of piperidine rings is 1. The number of ether oxygens (including phenoxy) is 2. The third kappa shape index (κ3) is 4.59. The van der Waals surface area contributed by atoms with Crippen LogP contribution in [0.25, 0.3) is 0 Å². The van der Waals surface area contributed by atoms with E-state index in [9.17, 15) is 4.79 Å². The second kappa shape index (κ2) is 9.59. The molecule has 0 aromatic heterocycles. The first-order chi connectivity index (χ1) is 13.8. The molecule has 0 aliphatic carbocycles. The highest BCUT2D eigenvalue weighted by Gasteiger charge is 2.32. The van der Waals surface area contributed by atoms with Gasteiger partial charge in [0.25, 0.3) is 0 Å². The topological polar surface area (TPSA) is 38.8 Å². The average Bonchev–Trinajstić information content (AvgIpc) is 2.75. The van der Waals surface area contributed by atoms with Crippen LogP contribution in [0.2, 0.25) is 0 Å². The minimum absolute atomic E-state index is 0.195. The third-order valence-electron chi connectivity index (χ3n) is 5.39. The van der Waals surface area contributed by atoms with Gasteiger partial charge in [-0.25, -0.2) is 0 Å². The number of fused-ring (bicyclic) bond motifs is 2. The standard InChI is InChI=1S/C23H27NO3S/c25-23(27-17-16-26-15-14-24-12-6-1-7-13-24)22-18-8-2-4-10-20(18)28-21-11-5-3-9-19(21)22/h2-5,8-11,22H,1,6-7,12-17H2. The quantitative estimate of drug-likeness (QED) is 0.514. The summed E-state index contributed by atoms with van der Waals surface area (Å²) in [7, 11) is 0. The van der Waals surface area contributed by atoms with Crippen molar-refractivity contribution < 1.29 is 14.3 Å². The summed E-state index contributed by atoms with van der Waals surface area (Å²) >= 11 is 1.71. The smallest absolute Gasteiger partial charge is 0.318 e. The highest BCUT2D eigenvalue weighted by molar-refractivity contribution is 7.99. The summed E-state index contributed by atoms with van der Waals surface area (Å²) in [6, 6.07) is 16.2. The first-order valence-electron chi connectivity index (χ1n) is 10.2. The van der Waals surface area contributed by atoms with Gasteiger partial charge in [0.15, 0.2) is 0 Å². The fourth-order valence-electron chi connectivity index (χ4n) is 3.93. The van der Waals surface area contributed by atoms with E-state index in [4.69, 9.17) is 9.47 Å². The molecule has 4 rings (SSSR count). The average molecular weight is 398 g/mol. The fraction of sp³-hybridized carbons (Fsp3) is 0.435. The van der Waals surface area contributed by atoms with Crippen molar-refractivity contribution in [3.8, 4) is 0 Å². The Kier molecular flexibility index (Phi) is 6.68. The Balaban J connectivity index is 1.30. The van der Waals surface area contributed by atoms with Crippen molar-refractivity contribution in [2.75, 3.05) is 39.5 Å². The molecule has 2 aromatic carbocycles. The van der Waals surface area contributed by atoms with Gasteiger partial charge in [-0.2, -0.15) is 0 Å². The normalized spacial score (nSPS) is 17.0. The lowest BCUT2D eigenvalue weighted by atomic mass is 9.91. The van der Waals surface area contributed by atoms with Gasteiger partial charge in [0.2, 0.25) is 0 Å². The number of carbonyl (C=O) groups excluding carboxylic acids is 1. The molecule has 5 heteroatoms. The molecule has 148 valence electrons. The maximum Gasteiger partial charge on any atom is 0.318 e. The van der Waals surface area contributed by atoms with E-state index in [0.29, 0.717) is 19.8 Å². The molecule has 1 fully saturated rings. The van der Waals surface area contributed by atoms with Gasteiger partial charge in [-0.15, -0.1) is 0 Å². The molecule has 0 N–H and O–H groups in total. The first kappa shape index (κ1) is 19.5. The van der Waals surface area contributed by atoms with E-state index in [1.165, 1.54) is 32.4 Å². The molecule has 0 saturated carbocycles. The Morgan fingerprint density at radius 3 is 2.21 bits per heavy atom. The number of benzene rings is 2. The maximum atomic E-state index is 12.9. The van der Waals surface area contributed by atoms with Crippen LogP contribution in [0.1, 0.15) is 36.3 Å². The zero-order valence-corrected chi connectivity index (χ0v) is 17.0. The zero-order chi connectivity index (χ0) is 19.2. The number of hydrogen-bond acceptors (Lipinski definition) is 5. The van der Waals surface area contributed by atoms with E-state index in [0.717, 1.165) is 27.5 Å². The van der Waals surface area contributed by atoms with Gasteiger partial charge in [0.1, 0.15) is 12.5 Å². The van der Waals surface area contributed by atoms with Crippen LogP contribution < -0.4 is 0 Å². The van der Waals surface area contributed by atoms with Gasteiger partial charge in [0.05, 0.1) is 13.2 Å². The number of hydrogen-bond donors (Lipinski definition) is 0. The van der Waals surface area contributed by atoms with Crippen LogP contribution in [-0.4, -0.2) is 50.3 Å². The number of likely N-dealkylation sites (tertiary alicyclic amines) is 1. The monoisotopic (exact) mass is 397 g/mol. The summed E-state index contributed by atoms with van der Waals surface area (Å²) in [5.74, 6) is -0.554. The van der Waals surface area contributed by atoms with Gasteiger partial charge in [-0.3, -0.25) is 4.79 Å². The van der Waals surface area contributed by atoms with Crippen molar-refractivity contribution in [2.45, 2.75) is 35.0 Å². The summed E-state index contributed by atoms with van der Waals surface area (Å²) in [4.78, 5) is 17.6. The van der Waals surface area contributed by atoms with Crippen LogP contribution >= 0.6 is 11.8 Å². The van der Waals surface area contributed by atoms with Gasteiger partial charge < -0.3 is 14.4 Å². The van der Waals surface area contributed by atoms with Crippen molar-refractivity contribution >= 4 is 17.7 Å². The first-order valence-corrected chi connectivity index (χ1v) is 11.0. The van der Waals surface area contributed by atoms with Crippen LogP contribution in [0, 0.1) is 0 Å². The molecule has 0 atom stereocenters. The number of esters is 1. The van der Waals surface area contributed by atoms with Crippen LogP contribution in [0.3, 0.4) is 0 Å². The minimum atomic E-state index is -0.359. The van der Waals surface area contributed by atoms with E-state index in [1.807, 2.05) is 36.4 Å². The molecule has 0 unspecified atom stereocenters. The minimum Gasteiger partial charge on any atom is -0.463 e. The summed E-state index contributed by atoms with van der Waals surface area (Å²) in [6.07, 6.45) is 3.93. The molecule has 4 nitrogen and oxygen atoms in total. The Hall–Kier alpha value is -1.82. The third-order valence-corrected chi connectivity index (χ3v) is 6.57. The molecule has 0 spiro atoms. The Morgan fingerprint density at radius 1 is 0.893 bits per heavy atom. The SMILES string of the molecule is O=C(OCCOCCN1CCCCC1)C1c2ccccc2Sc2ccccc21. The predicted molar refractivity (Wildman–Crippen MR) is 111 cm³/mol. The van der Waals surface area contributed by atoms with Crippen molar-refractivity contribution in [3.63, 3.8) is 0 Å². The van der Waals surface area contributed by atoms with Gasteiger partial charge in [-0.1, -0.05) is 54.6 Å². The summed E-state index contributed by atoms with van der Waals surface area (Å²) in [6.45, 7) is 4.77. The summed E-state index contributed by atoms with van der Waals surface area (Å²) in [5.41, 5.74) is 2.06. The molecule has 0 radical (unpaired) electrons. The van der Waals surface area contributed by atoms with E-state index in [1.54, 1.807) is 11.8 Å². The predicted octanol–water partition coefficient (Wildman–Crippen LogP) is 4.33. The van der Waals surface area contributed by atoms with Crippen molar-refractivity contribution in [2.24, 2.45) is 0 Å². The molecule has 1 saturated heterocycles. The molecule has 0 amide bonds. The molecular weight excluding hydrogens is 370 g/mol. The van der Waals surface area contributed by atoms with Gasteiger partial charge >= 0.3 is 5.97 Å². The lowest BCUT2D eigenvalue weighted by molar-refractivity contribution is -0.146. The van der Waals surface area contributed by atoms with Crippen molar-refractivity contribution in [3.05, 3.63) is 59.7 Å².